The topological polar surface area (TPSA) is 9.86 Å². The van der Waals surface area contributed by atoms with Crippen molar-refractivity contribution in [1.29, 1.82) is 0 Å². The molecule has 2 heteroatoms. The molecule has 0 spiro atoms. The number of hydrogen-bond donors (Lipinski definition) is 0. The van der Waals surface area contributed by atoms with Gasteiger partial charge in [0.1, 0.15) is 0 Å². The van der Waals surface area contributed by atoms with E-state index in [4.69, 9.17) is 0 Å². The predicted octanol–water partition coefficient (Wildman–Crippen LogP) is 11.1. The summed E-state index contributed by atoms with van der Waals surface area (Å²) in [5, 5.41) is 5.41. The van der Waals surface area contributed by atoms with Gasteiger partial charge in [0.05, 0.1) is 34.2 Å². The monoisotopic (exact) mass is 580 g/mol. The van der Waals surface area contributed by atoms with Gasteiger partial charge in [-0.15, -0.1) is 0 Å². The van der Waals surface area contributed by atoms with Crippen molar-refractivity contribution in [3.05, 3.63) is 156 Å². The van der Waals surface area contributed by atoms with Crippen molar-refractivity contribution in [1.82, 2.24) is 9.13 Å². The Kier molecular flexibility index (Phi) is 3.60. The lowest BCUT2D eigenvalue weighted by Gasteiger charge is -2.38. The molecule has 4 aliphatic heterocycles. The van der Waals surface area contributed by atoms with Gasteiger partial charge < -0.3 is 9.13 Å². The molecule has 0 bridgehead atoms. The molecule has 13 rings (SSSR count). The molecular weight excluding hydrogens is 556 g/mol. The van der Waals surface area contributed by atoms with E-state index in [1.807, 2.05) is 0 Å². The van der Waals surface area contributed by atoms with Gasteiger partial charge in [0.15, 0.2) is 0 Å². The molecule has 0 amide bonds. The molecule has 0 fully saturated rings. The Morgan fingerprint density at radius 1 is 0.283 bits per heavy atom. The minimum atomic E-state index is 0.124. The molecule has 4 aliphatic rings. The van der Waals surface area contributed by atoms with Crippen LogP contribution in [-0.2, 0) is 0 Å². The highest BCUT2D eigenvalue weighted by atomic mass is 15.1. The number of para-hydroxylation sites is 4. The van der Waals surface area contributed by atoms with Gasteiger partial charge in [-0.3, -0.25) is 0 Å². The summed E-state index contributed by atoms with van der Waals surface area (Å²) in [6, 6.07) is 51.3. The fraction of sp³-hybridized carbons (Fsp3) is 0.0455. The van der Waals surface area contributed by atoms with Gasteiger partial charge in [0.2, 0.25) is 0 Å². The van der Waals surface area contributed by atoms with E-state index in [-0.39, 0.29) is 12.1 Å². The average Bonchev–Trinajstić information content (AvgIpc) is 3.64. The molecule has 0 saturated heterocycles. The van der Waals surface area contributed by atoms with Crippen LogP contribution < -0.4 is 0 Å². The minimum Gasteiger partial charge on any atom is -0.328 e. The molecule has 0 N–H and O–H groups in total. The summed E-state index contributed by atoms with van der Waals surface area (Å²) in [6.45, 7) is 0. The fourth-order valence-corrected chi connectivity index (χ4v) is 10.1. The third kappa shape index (κ3) is 2.27. The van der Waals surface area contributed by atoms with Gasteiger partial charge in [0, 0.05) is 43.8 Å². The van der Waals surface area contributed by atoms with Crippen molar-refractivity contribution >= 4 is 43.6 Å². The van der Waals surface area contributed by atoms with E-state index in [2.05, 4.69) is 143 Å². The van der Waals surface area contributed by atoms with Crippen LogP contribution in [0.25, 0.3) is 88.1 Å². The van der Waals surface area contributed by atoms with Crippen molar-refractivity contribution in [3.8, 4) is 44.5 Å². The minimum absolute atomic E-state index is 0.124. The Labute approximate surface area is 264 Å². The van der Waals surface area contributed by atoms with E-state index in [1.165, 1.54) is 110 Å². The Morgan fingerprint density at radius 3 is 1.00 bits per heavy atom. The Balaban J connectivity index is 1.24. The van der Waals surface area contributed by atoms with Crippen LogP contribution in [0.2, 0.25) is 0 Å². The Hall–Kier alpha value is -5.86. The molecule has 2 atom stereocenters. The van der Waals surface area contributed by atoms with Gasteiger partial charge in [0.25, 0.3) is 0 Å². The summed E-state index contributed by atoms with van der Waals surface area (Å²) in [6.07, 6.45) is 0. The smallest absolute Gasteiger partial charge is 0.0857 e. The lowest BCUT2D eigenvalue weighted by Crippen LogP contribution is -2.24. The number of benzene rings is 7. The number of aromatic nitrogens is 2. The van der Waals surface area contributed by atoms with Crippen LogP contribution in [0.4, 0.5) is 0 Å². The number of rotatable bonds is 0. The molecule has 210 valence electrons. The second kappa shape index (κ2) is 7.33. The molecule has 0 aliphatic carbocycles. The first kappa shape index (κ1) is 22.6. The average molecular weight is 581 g/mol. The van der Waals surface area contributed by atoms with Crippen LogP contribution in [-0.4, -0.2) is 9.13 Å². The van der Waals surface area contributed by atoms with Crippen molar-refractivity contribution in [2.45, 2.75) is 12.1 Å². The van der Waals surface area contributed by atoms with E-state index < -0.39 is 0 Å². The second-order valence-corrected chi connectivity index (χ2v) is 13.6. The predicted molar refractivity (Wildman–Crippen MR) is 189 cm³/mol. The van der Waals surface area contributed by atoms with Crippen molar-refractivity contribution in [2.75, 3.05) is 0 Å². The molecule has 2 aromatic heterocycles. The zero-order chi connectivity index (χ0) is 29.4. The van der Waals surface area contributed by atoms with Crippen molar-refractivity contribution in [2.24, 2.45) is 0 Å². The Morgan fingerprint density at radius 2 is 0.609 bits per heavy atom. The van der Waals surface area contributed by atoms with E-state index in [0.717, 1.165) is 0 Å². The fourth-order valence-electron chi connectivity index (χ4n) is 10.1. The number of nitrogens with zero attached hydrogens (tertiary/aromatic N) is 2. The maximum Gasteiger partial charge on any atom is 0.0857 e. The summed E-state index contributed by atoms with van der Waals surface area (Å²) in [7, 11) is 0. The second-order valence-electron chi connectivity index (χ2n) is 13.6. The Bertz CT molecular complexity index is 2730. The van der Waals surface area contributed by atoms with Gasteiger partial charge in [-0.1, -0.05) is 121 Å². The lowest BCUT2D eigenvalue weighted by atomic mass is 9.76. The highest BCUT2D eigenvalue weighted by Gasteiger charge is 2.40. The largest absolute Gasteiger partial charge is 0.328 e. The number of fused-ring (bicyclic) bond motifs is 14. The molecule has 0 saturated carbocycles. The highest BCUT2D eigenvalue weighted by Crippen LogP contribution is 2.58. The molecular formula is C44H24N2. The quantitative estimate of drug-likeness (QED) is 0.169. The molecule has 9 aromatic rings. The summed E-state index contributed by atoms with van der Waals surface area (Å²) < 4.78 is 5.35. The number of hydrogen-bond acceptors (Lipinski definition) is 0. The van der Waals surface area contributed by atoms with Crippen LogP contribution in [0.5, 0.6) is 0 Å². The van der Waals surface area contributed by atoms with Crippen LogP contribution in [0.15, 0.2) is 133 Å². The zero-order valence-corrected chi connectivity index (χ0v) is 24.8. The summed E-state index contributed by atoms with van der Waals surface area (Å²) in [4.78, 5) is 0. The molecule has 2 nitrogen and oxygen atoms in total. The molecule has 46 heavy (non-hydrogen) atoms. The standard InChI is InChI=1S/C44H24N2/c1-3-11-25-23(9-1)27-13-5-15-29-31-17-7-19-33-35-22-38-36(21-37(35)43(25)45(39(27)29)41(31)33)34-20-8-18-32-30-16-6-14-28-24-10-2-4-12-26(24)44(38)46(40(28)30)42(32)34/h1-22,43-44H. The van der Waals surface area contributed by atoms with Gasteiger partial charge in [-0.2, -0.15) is 0 Å². The molecule has 0 radical (unpaired) electrons. The third-order valence-electron chi connectivity index (χ3n) is 11.7. The van der Waals surface area contributed by atoms with Crippen LogP contribution in [0.1, 0.15) is 34.3 Å². The summed E-state index contributed by atoms with van der Waals surface area (Å²) in [5.74, 6) is 0. The van der Waals surface area contributed by atoms with E-state index >= 15 is 0 Å². The first-order valence-electron chi connectivity index (χ1n) is 16.4. The molecule has 6 heterocycles. The van der Waals surface area contributed by atoms with Gasteiger partial charge in [-0.05, 0) is 56.6 Å². The summed E-state index contributed by atoms with van der Waals surface area (Å²) in [5.41, 5.74) is 21.9. The maximum atomic E-state index is 2.68. The zero-order valence-electron chi connectivity index (χ0n) is 24.8. The molecule has 7 aromatic carbocycles. The van der Waals surface area contributed by atoms with Crippen LogP contribution >= 0.6 is 0 Å². The van der Waals surface area contributed by atoms with Gasteiger partial charge in [-0.25, -0.2) is 0 Å². The SMILES string of the molecule is c1ccc2c(c1)-c1cccc3c4cccc5c4n(c13)C2c1cc2c(cc1-5)C1c3ccccc3-c3cccc4c5cccc-2c5n1c34. The van der Waals surface area contributed by atoms with Gasteiger partial charge >= 0.3 is 0 Å². The highest BCUT2D eigenvalue weighted by molar-refractivity contribution is 6.20. The van der Waals surface area contributed by atoms with Crippen molar-refractivity contribution in [3.63, 3.8) is 0 Å². The first-order chi connectivity index (χ1) is 22.9. The molecule has 2 unspecified atom stereocenters. The van der Waals surface area contributed by atoms with E-state index in [9.17, 15) is 0 Å². The van der Waals surface area contributed by atoms with E-state index in [0.29, 0.717) is 0 Å². The lowest BCUT2D eigenvalue weighted by molar-refractivity contribution is 0.703. The normalized spacial score (nSPS) is 17.1. The summed E-state index contributed by atoms with van der Waals surface area (Å²) >= 11 is 0. The maximum absolute atomic E-state index is 2.68. The van der Waals surface area contributed by atoms with Crippen LogP contribution in [0, 0.1) is 0 Å². The van der Waals surface area contributed by atoms with Crippen molar-refractivity contribution < 1.29 is 0 Å². The van der Waals surface area contributed by atoms with E-state index in [1.54, 1.807) is 0 Å². The third-order valence-corrected chi connectivity index (χ3v) is 11.7. The van der Waals surface area contributed by atoms with Crippen LogP contribution in [0.3, 0.4) is 0 Å². The first-order valence-corrected chi connectivity index (χ1v) is 16.4.